The van der Waals surface area contributed by atoms with Crippen LogP contribution in [-0.2, 0) is 9.59 Å². The molecule has 0 atom stereocenters. The van der Waals surface area contributed by atoms with E-state index in [1.807, 2.05) is 0 Å². The fraction of sp³-hybridized carbons (Fsp3) is 0.565. The molecule has 5 aliphatic rings. The Balaban J connectivity index is 1.39. The van der Waals surface area contributed by atoms with Crippen LogP contribution in [0.1, 0.15) is 79.5 Å². The summed E-state index contributed by atoms with van der Waals surface area (Å²) in [6.07, 6.45) is 8.01. The van der Waals surface area contributed by atoms with Gasteiger partial charge in [0.1, 0.15) is 5.00 Å². The van der Waals surface area contributed by atoms with Gasteiger partial charge < -0.3 is 14.9 Å². The summed E-state index contributed by atoms with van der Waals surface area (Å²) in [6, 6.07) is 0. The number of rotatable bonds is 6. The van der Waals surface area contributed by atoms with E-state index in [1.54, 1.807) is 11.3 Å². The molecule has 2 heterocycles. The van der Waals surface area contributed by atoms with Crippen LogP contribution in [0.3, 0.4) is 0 Å². The Morgan fingerprint density at radius 3 is 2.19 bits per heavy atom. The smallest absolute Gasteiger partial charge is 0.332 e. The van der Waals surface area contributed by atoms with E-state index in [4.69, 9.17) is 4.52 Å². The molecule has 0 spiro atoms. The van der Waals surface area contributed by atoms with Crippen LogP contribution in [0.2, 0.25) is 0 Å². The highest BCUT2D eigenvalue weighted by molar-refractivity contribution is 7.17. The third-order valence-electron chi connectivity index (χ3n) is 7.27. The lowest BCUT2D eigenvalue weighted by Crippen LogP contribution is -2.35. The monoisotopic (exact) mass is 439 g/mol. The lowest BCUT2D eigenvalue weighted by Gasteiger charge is -2.37. The second kappa shape index (κ2) is 7.02. The molecule has 2 aromatic heterocycles. The van der Waals surface area contributed by atoms with Crippen molar-refractivity contribution in [1.29, 1.82) is 0 Å². The Kier molecular flexibility index (Phi) is 4.35. The van der Waals surface area contributed by atoms with E-state index < -0.39 is 5.97 Å². The largest absolute Gasteiger partial charge is 0.478 e. The van der Waals surface area contributed by atoms with E-state index in [9.17, 15) is 14.7 Å². The number of carboxylic acids is 1. The molecule has 31 heavy (non-hydrogen) atoms. The maximum atomic E-state index is 13.4. The third kappa shape index (κ3) is 3.23. The molecule has 7 rings (SSSR count). The van der Waals surface area contributed by atoms with E-state index in [0.717, 1.165) is 68.3 Å². The first-order valence-corrected chi connectivity index (χ1v) is 12.1. The molecule has 5 aliphatic carbocycles. The number of hydrogen-bond acceptors (Lipinski definition) is 6. The highest BCUT2D eigenvalue weighted by atomic mass is 32.1. The van der Waals surface area contributed by atoms with Crippen LogP contribution in [0.25, 0.3) is 11.5 Å². The summed E-state index contributed by atoms with van der Waals surface area (Å²) in [4.78, 5) is 31.2. The average molecular weight is 440 g/mol. The van der Waals surface area contributed by atoms with Gasteiger partial charge in [-0.25, -0.2) is 4.79 Å². The number of fused-ring (bicyclic) bond motifs is 2. The minimum Gasteiger partial charge on any atom is -0.478 e. The van der Waals surface area contributed by atoms with Gasteiger partial charge in [0, 0.05) is 21.9 Å². The molecule has 8 heteroatoms. The molecule has 7 nitrogen and oxygen atoms in total. The average Bonchev–Trinajstić information content (AvgIpc) is 3.70. The lowest BCUT2D eigenvalue weighted by molar-refractivity contribution is -0.134. The quantitative estimate of drug-likeness (QED) is 0.656. The molecular formula is C23H25N3O4S. The van der Waals surface area contributed by atoms with Gasteiger partial charge in [0.05, 0.1) is 5.56 Å². The molecule has 0 unspecified atom stereocenters. The second-order valence-corrected chi connectivity index (χ2v) is 10.5. The van der Waals surface area contributed by atoms with E-state index in [-0.39, 0.29) is 17.7 Å². The first-order chi connectivity index (χ1) is 15.0. The maximum absolute atomic E-state index is 13.4. The van der Waals surface area contributed by atoms with E-state index in [0.29, 0.717) is 33.9 Å². The van der Waals surface area contributed by atoms with Crippen molar-refractivity contribution in [3.05, 3.63) is 27.4 Å². The van der Waals surface area contributed by atoms with E-state index >= 15 is 0 Å². The molecule has 2 N–H and O–H groups in total. The number of thiophene rings is 1. The van der Waals surface area contributed by atoms with Crippen molar-refractivity contribution in [2.24, 2.45) is 11.8 Å². The van der Waals surface area contributed by atoms with Crippen molar-refractivity contribution in [2.75, 3.05) is 5.32 Å². The number of carbonyl (C=O) groups is 2. The minimum absolute atomic E-state index is 0.00754. The zero-order chi connectivity index (χ0) is 21.3. The molecule has 0 saturated heterocycles. The van der Waals surface area contributed by atoms with Crippen LogP contribution in [0, 0.1) is 18.8 Å². The van der Waals surface area contributed by atoms with Crippen molar-refractivity contribution in [1.82, 2.24) is 10.1 Å². The molecule has 162 valence electrons. The van der Waals surface area contributed by atoms with Crippen LogP contribution >= 0.6 is 11.3 Å². The molecule has 0 aliphatic heterocycles. The van der Waals surface area contributed by atoms with Crippen molar-refractivity contribution < 1.29 is 19.2 Å². The van der Waals surface area contributed by atoms with Gasteiger partial charge in [-0.05, 0) is 81.6 Å². The Hall–Kier alpha value is -2.48. The highest BCUT2D eigenvalue weighted by Gasteiger charge is 2.42. The third-order valence-corrected chi connectivity index (χ3v) is 8.64. The number of nitrogens with zero attached hydrogens (tertiary/aromatic N) is 2. The normalized spacial score (nSPS) is 25.2. The van der Waals surface area contributed by atoms with Gasteiger partial charge in [-0.1, -0.05) is 5.16 Å². The van der Waals surface area contributed by atoms with Crippen molar-refractivity contribution >= 4 is 28.2 Å². The number of aromatic nitrogens is 2. The van der Waals surface area contributed by atoms with E-state index in [2.05, 4.69) is 22.4 Å². The fourth-order valence-electron chi connectivity index (χ4n) is 5.33. The fourth-order valence-corrected chi connectivity index (χ4v) is 6.70. The standard InChI is InChI=1S/C23H25N3O4S/c1-10-15(21-24-19(26-30-21)14-8-9-14)22(31-18(10)13-6-7-13)25-20(27)16-11-2-4-12(5-3-11)17(16)23(28)29/h11-14H,2-9H2,1H3,(H,25,27)(H,28,29). The summed E-state index contributed by atoms with van der Waals surface area (Å²) in [5.74, 6) is 0.908. The zero-order valence-corrected chi connectivity index (χ0v) is 18.3. The Labute approximate surface area is 183 Å². The van der Waals surface area contributed by atoms with Gasteiger partial charge in [0.15, 0.2) is 5.82 Å². The molecule has 2 aromatic rings. The molecule has 2 bridgehead atoms. The summed E-state index contributed by atoms with van der Waals surface area (Å²) < 4.78 is 5.61. The van der Waals surface area contributed by atoms with Crippen molar-refractivity contribution in [3.63, 3.8) is 0 Å². The topological polar surface area (TPSA) is 105 Å². The van der Waals surface area contributed by atoms with Gasteiger partial charge in [-0.2, -0.15) is 4.98 Å². The number of carboxylic acid groups (broad SMARTS) is 1. The van der Waals surface area contributed by atoms with Gasteiger partial charge in [-0.15, -0.1) is 11.3 Å². The Morgan fingerprint density at radius 1 is 0.968 bits per heavy atom. The van der Waals surface area contributed by atoms with Crippen molar-refractivity contribution in [2.45, 2.75) is 70.1 Å². The SMILES string of the molecule is Cc1c(C2CC2)sc(NC(=O)C2=C(C(=O)O)C3CCC2CC3)c1-c1nc(C2CC2)no1. The maximum Gasteiger partial charge on any atom is 0.332 e. The number of amides is 1. The number of hydrogen-bond donors (Lipinski definition) is 2. The summed E-state index contributed by atoms with van der Waals surface area (Å²) >= 11 is 1.58. The number of carbonyl (C=O) groups excluding carboxylic acids is 1. The predicted octanol–water partition coefficient (Wildman–Crippen LogP) is 5.00. The molecule has 1 amide bonds. The minimum atomic E-state index is -0.952. The second-order valence-electron chi connectivity index (χ2n) is 9.44. The molecular weight excluding hydrogens is 414 g/mol. The molecule has 0 radical (unpaired) electrons. The highest BCUT2D eigenvalue weighted by Crippen LogP contribution is 2.52. The number of anilines is 1. The van der Waals surface area contributed by atoms with Crippen LogP contribution in [-0.4, -0.2) is 27.1 Å². The van der Waals surface area contributed by atoms with Gasteiger partial charge >= 0.3 is 5.97 Å². The molecule has 0 aromatic carbocycles. The van der Waals surface area contributed by atoms with Crippen LogP contribution < -0.4 is 5.32 Å². The number of aliphatic carboxylic acids is 1. The summed E-state index contributed by atoms with van der Waals surface area (Å²) in [7, 11) is 0. The van der Waals surface area contributed by atoms with Crippen LogP contribution in [0.4, 0.5) is 5.00 Å². The lowest BCUT2D eigenvalue weighted by atomic mass is 9.66. The van der Waals surface area contributed by atoms with Gasteiger partial charge in [-0.3, -0.25) is 4.79 Å². The first-order valence-electron chi connectivity index (χ1n) is 11.3. The number of nitrogens with one attached hydrogen (secondary N) is 1. The van der Waals surface area contributed by atoms with Crippen LogP contribution in [0.15, 0.2) is 15.7 Å². The molecule has 3 saturated carbocycles. The summed E-state index contributed by atoms with van der Waals surface area (Å²) in [5, 5.41) is 17.7. The van der Waals surface area contributed by atoms with Gasteiger partial charge in [0.25, 0.3) is 11.8 Å². The zero-order valence-electron chi connectivity index (χ0n) is 17.4. The Bertz CT molecular complexity index is 1110. The summed E-state index contributed by atoms with van der Waals surface area (Å²) in [5.41, 5.74) is 2.69. The van der Waals surface area contributed by atoms with Gasteiger partial charge in [0.2, 0.25) is 0 Å². The van der Waals surface area contributed by atoms with E-state index in [1.165, 1.54) is 4.88 Å². The Morgan fingerprint density at radius 2 is 1.58 bits per heavy atom. The predicted molar refractivity (Wildman–Crippen MR) is 115 cm³/mol. The van der Waals surface area contributed by atoms with Crippen LogP contribution in [0.5, 0.6) is 0 Å². The first kappa shape index (κ1) is 19.2. The van der Waals surface area contributed by atoms with Crippen molar-refractivity contribution in [3.8, 4) is 11.5 Å². The summed E-state index contributed by atoms with van der Waals surface area (Å²) in [6.45, 7) is 2.06. The molecule has 3 fully saturated rings.